The third-order valence-electron chi connectivity index (χ3n) is 12.6. The fourth-order valence-electron chi connectivity index (χ4n) is 9.63. The van der Waals surface area contributed by atoms with Crippen molar-refractivity contribution in [1.82, 2.24) is 4.57 Å². The van der Waals surface area contributed by atoms with E-state index in [4.69, 9.17) is 0 Å². The van der Waals surface area contributed by atoms with Crippen molar-refractivity contribution < 1.29 is 4.39 Å². The lowest BCUT2D eigenvalue weighted by Crippen LogP contribution is -2.30. The highest BCUT2D eigenvalue weighted by molar-refractivity contribution is 6.10. The summed E-state index contributed by atoms with van der Waals surface area (Å²) in [7, 11) is 0. The first kappa shape index (κ1) is 38.6. The molecule has 2 nitrogen and oxygen atoms in total. The van der Waals surface area contributed by atoms with Gasteiger partial charge in [0.05, 0.1) is 16.4 Å². The van der Waals surface area contributed by atoms with Gasteiger partial charge >= 0.3 is 0 Å². The fourth-order valence-corrected chi connectivity index (χ4v) is 9.63. The van der Waals surface area contributed by atoms with Gasteiger partial charge in [0.25, 0.3) is 0 Å². The van der Waals surface area contributed by atoms with E-state index in [2.05, 4.69) is 240 Å². The summed E-state index contributed by atoms with van der Waals surface area (Å²) in [5.74, 6) is -0.255. The SMILES string of the molecule is Fc1ccc(-n2c3ccccc3c3ccc(N(c4ccc(-c5ccccc5)cc4)c4ccc(-c5ccc(C(c6ccccc6)(c6ccccc6)c6ccccc6)cc5)cc4)cc32)cc1. The largest absolute Gasteiger partial charge is 0.310 e. The van der Waals surface area contributed by atoms with Gasteiger partial charge in [-0.3, -0.25) is 0 Å². The molecule has 1 heterocycles. The van der Waals surface area contributed by atoms with Crippen molar-refractivity contribution in [3.63, 3.8) is 0 Å². The van der Waals surface area contributed by atoms with E-state index in [9.17, 15) is 4.39 Å². The Balaban J connectivity index is 1.01. The van der Waals surface area contributed by atoms with E-state index >= 15 is 0 Å². The summed E-state index contributed by atoms with van der Waals surface area (Å²) in [6.45, 7) is 0. The Labute approximate surface area is 373 Å². The molecular weight excluding hydrogens is 780 g/mol. The molecule has 0 aliphatic heterocycles. The zero-order valence-corrected chi connectivity index (χ0v) is 35.1. The number of anilines is 3. The topological polar surface area (TPSA) is 8.17 Å². The second-order valence-electron chi connectivity index (χ2n) is 16.3. The van der Waals surface area contributed by atoms with Gasteiger partial charge in [-0.15, -0.1) is 0 Å². The Morgan fingerprint density at radius 1 is 0.312 bits per heavy atom. The van der Waals surface area contributed by atoms with E-state index in [1.165, 1.54) is 39.9 Å². The van der Waals surface area contributed by atoms with Gasteiger partial charge in [-0.25, -0.2) is 4.39 Å². The van der Waals surface area contributed by atoms with Crippen LogP contribution in [-0.2, 0) is 5.41 Å². The van der Waals surface area contributed by atoms with Crippen molar-refractivity contribution in [3.8, 4) is 27.9 Å². The van der Waals surface area contributed by atoms with Crippen molar-refractivity contribution >= 4 is 38.9 Å². The molecule has 0 atom stereocenters. The summed E-state index contributed by atoms with van der Waals surface area (Å²) >= 11 is 0. The molecule has 0 radical (unpaired) electrons. The standard InChI is InChI=1S/C61H43FN2/c62-52-33-39-55(40-34-52)64-59-24-14-13-23-57(59)58-42-41-56(43-60(58)64)63(53-35-27-46(28-36-53)44-15-5-1-6-16-44)54-37-29-47(30-38-54)45-25-31-51(32-26-45)61(48-17-7-2-8-18-48,49-19-9-3-10-20-49)50-21-11-4-12-22-50/h1-43H. The Morgan fingerprint density at radius 2 is 0.703 bits per heavy atom. The lowest BCUT2D eigenvalue weighted by Gasteiger charge is -2.37. The normalized spacial score (nSPS) is 11.5. The van der Waals surface area contributed by atoms with E-state index in [0.29, 0.717) is 0 Å². The highest BCUT2D eigenvalue weighted by atomic mass is 19.1. The van der Waals surface area contributed by atoms with E-state index in [1.807, 2.05) is 18.2 Å². The number of halogens is 1. The van der Waals surface area contributed by atoms with Crippen LogP contribution < -0.4 is 4.90 Å². The first-order valence-corrected chi connectivity index (χ1v) is 21.8. The molecule has 11 aromatic rings. The van der Waals surface area contributed by atoms with E-state index < -0.39 is 5.41 Å². The van der Waals surface area contributed by atoms with Crippen LogP contribution in [0.25, 0.3) is 49.7 Å². The molecule has 0 saturated heterocycles. The molecule has 0 aliphatic carbocycles. The Hall–Kier alpha value is -8.27. The van der Waals surface area contributed by atoms with Gasteiger partial charge in [-0.2, -0.15) is 0 Å². The molecule has 0 amide bonds. The average molecular weight is 823 g/mol. The van der Waals surface area contributed by atoms with Crippen LogP contribution in [0.2, 0.25) is 0 Å². The predicted octanol–water partition coefficient (Wildman–Crippen LogP) is 16.1. The van der Waals surface area contributed by atoms with Gasteiger partial charge in [0, 0.05) is 33.5 Å². The molecular formula is C61H43FN2. The molecule has 10 aromatic carbocycles. The number of hydrogen-bond donors (Lipinski definition) is 0. The fraction of sp³-hybridized carbons (Fsp3) is 0.0164. The summed E-state index contributed by atoms with van der Waals surface area (Å²) in [5.41, 5.74) is 15.1. The predicted molar refractivity (Wildman–Crippen MR) is 265 cm³/mol. The number of fused-ring (bicyclic) bond motifs is 3. The molecule has 304 valence electrons. The summed E-state index contributed by atoms with van der Waals surface area (Å²) in [6.07, 6.45) is 0. The minimum Gasteiger partial charge on any atom is -0.310 e. The van der Waals surface area contributed by atoms with Gasteiger partial charge in [0.15, 0.2) is 0 Å². The van der Waals surface area contributed by atoms with Crippen molar-refractivity contribution in [3.05, 3.63) is 289 Å². The van der Waals surface area contributed by atoms with Crippen LogP contribution in [0.15, 0.2) is 261 Å². The summed E-state index contributed by atoms with van der Waals surface area (Å²) < 4.78 is 16.5. The average Bonchev–Trinajstić information content (AvgIpc) is 3.70. The lowest BCUT2D eigenvalue weighted by molar-refractivity contribution is 0.627. The first-order chi connectivity index (χ1) is 31.6. The minimum atomic E-state index is -0.508. The van der Waals surface area contributed by atoms with Crippen LogP contribution in [0.3, 0.4) is 0 Å². The Morgan fingerprint density at radius 3 is 1.22 bits per heavy atom. The van der Waals surface area contributed by atoms with Crippen LogP contribution in [0.5, 0.6) is 0 Å². The van der Waals surface area contributed by atoms with Crippen LogP contribution in [0, 0.1) is 5.82 Å². The Bertz CT molecular complexity index is 3230. The van der Waals surface area contributed by atoms with E-state index in [0.717, 1.165) is 61.2 Å². The van der Waals surface area contributed by atoms with Crippen LogP contribution in [-0.4, -0.2) is 4.57 Å². The molecule has 0 unspecified atom stereocenters. The molecule has 0 fully saturated rings. The molecule has 0 bridgehead atoms. The quantitative estimate of drug-likeness (QED) is 0.125. The smallest absolute Gasteiger partial charge is 0.123 e. The Kier molecular flexibility index (Phi) is 9.99. The number of aromatic nitrogens is 1. The maximum Gasteiger partial charge on any atom is 0.123 e. The summed E-state index contributed by atoms with van der Waals surface area (Å²) in [4.78, 5) is 2.32. The van der Waals surface area contributed by atoms with E-state index in [1.54, 1.807) is 0 Å². The van der Waals surface area contributed by atoms with Crippen molar-refractivity contribution in [1.29, 1.82) is 0 Å². The van der Waals surface area contributed by atoms with Crippen molar-refractivity contribution in [2.24, 2.45) is 0 Å². The van der Waals surface area contributed by atoms with Gasteiger partial charge in [-0.1, -0.05) is 194 Å². The van der Waals surface area contributed by atoms with Crippen LogP contribution in [0.1, 0.15) is 22.3 Å². The molecule has 0 aliphatic rings. The second-order valence-corrected chi connectivity index (χ2v) is 16.3. The zero-order valence-electron chi connectivity index (χ0n) is 35.1. The maximum atomic E-state index is 14.2. The minimum absolute atomic E-state index is 0.255. The molecule has 64 heavy (non-hydrogen) atoms. The van der Waals surface area contributed by atoms with Gasteiger partial charge < -0.3 is 9.47 Å². The molecule has 0 spiro atoms. The maximum absolute atomic E-state index is 14.2. The lowest BCUT2D eigenvalue weighted by atomic mass is 9.65. The molecule has 11 rings (SSSR count). The second kappa shape index (κ2) is 16.5. The first-order valence-electron chi connectivity index (χ1n) is 21.8. The highest BCUT2D eigenvalue weighted by Gasteiger charge is 2.38. The third-order valence-corrected chi connectivity index (χ3v) is 12.6. The summed E-state index contributed by atoms with van der Waals surface area (Å²) in [5, 5.41) is 2.29. The monoisotopic (exact) mass is 822 g/mol. The van der Waals surface area contributed by atoms with Gasteiger partial charge in [0.1, 0.15) is 5.82 Å². The molecule has 0 saturated carbocycles. The third kappa shape index (κ3) is 6.85. The zero-order chi connectivity index (χ0) is 42.9. The molecule has 1 aromatic heterocycles. The number of benzene rings is 10. The van der Waals surface area contributed by atoms with Crippen LogP contribution >= 0.6 is 0 Å². The van der Waals surface area contributed by atoms with Crippen LogP contribution in [0.4, 0.5) is 21.5 Å². The highest BCUT2D eigenvalue weighted by Crippen LogP contribution is 2.46. The van der Waals surface area contributed by atoms with Gasteiger partial charge in [-0.05, 0) is 111 Å². The summed E-state index contributed by atoms with van der Waals surface area (Å²) in [6, 6.07) is 91.7. The number of hydrogen-bond acceptors (Lipinski definition) is 1. The van der Waals surface area contributed by atoms with Crippen molar-refractivity contribution in [2.45, 2.75) is 5.41 Å². The van der Waals surface area contributed by atoms with Gasteiger partial charge in [0.2, 0.25) is 0 Å². The number of rotatable bonds is 10. The van der Waals surface area contributed by atoms with Crippen molar-refractivity contribution in [2.75, 3.05) is 4.90 Å². The number of para-hydroxylation sites is 1. The van der Waals surface area contributed by atoms with E-state index in [-0.39, 0.29) is 5.82 Å². The number of nitrogens with zero attached hydrogens (tertiary/aromatic N) is 2. The molecule has 3 heteroatoms. The molecule has 0 N–H and O–H groups in total.